The minimum Gasteiger partial charge on any atom is -0.356 e. The summed E-state index contributed by atoms with van der Waals surface area (Å²) in [5.74, 6) is 1.51. The van der Waals surface area contributed by atoms with Crippen molar-refractivity contribution in [2.24, 2.45) is 0 Å². The Kier molecular flexibility index (Phi) is 7.21. The van der Waals surface area contributed by atoms with Gasteiger partial charge < -0.3 is 20.1 Å². The molecule has 2 heterocycles. The summed E-state index contributed by atoms with van der Waals surface area (Å²) in [5, 5.41) is 9.89. The molecule has 1 aromatic heterocycles. The summed E-state index contributed by atoms with van der Waals surface area (Å²) in [6.45, 7) is 5.55. The summed E-state index contributed by atoms with van der Waals surface area (Å²) in [6.07, 6.45) is 2.62. The van der Waals surface area contributed by atoms with Crippen LogP contribution >= 0.6 is 0 Å². The molecule has 1 aliphatic rings. The zero-order valence-corrected chi connectivity index (χ0v) is 17.1. The topological polar surface area (TPSA) is 100 Å². The highest BCUT2D eigenvalue weighted by molar-refractivity contribution is 5.89. The monoisotopic (exact) mass is 399 g/mol. The zero-order valence-electron chi connectivity index (χ0n) is 17.1. The number of carbonyl (C=O) groups excluding carboxylic acids is 2. The summed E-state index contributed by atoms with van der Waals surface area (Å²) in [7, 11) is 0. The highest BCUT2D eigenvalue weighted by atomic mass is 16.5. The van der Waals surface area contributed by atoms with Gasteiger partial charge in [0.05, 0.1) is 0 Å². The molecule has 0 spiro atoms. The van der Waals surface area contributed by atoms with E-state index in [2.05, 4.69) is 20.8 Å². The van der Waals surface area contributed by atoms with E-state index in [4.69, 9.17) is 4.52 Å². The van der Waals surface area contributed by atoms with Crippen LogP contribution in [0.2, 0.25) is 0 Å². The molecule has 1 atom stereocenters. The van der Waals surface area contributed by atoms with Crippen molar-refractivity contribution in [3.8, 4) is 0 Å². The lowest BCUT2D eigenvalue weighted by molar-refractivity contribution is -0.121. The number of anilines is 1. The summed E-state index contributed by atoms with van der Waals surface area (Å²) < 4.78 is 5.48. The molecule has 3 amide bonds. The van der Waals surface area contributed by atoms with Gasteiger partial charge in [-0.1, -0.05) is 37.2 Å². The number of hydrogen-bond acceptors (Lipinski definition) is 5. The Hall–Kier alpha value is -2.90. The fourth-order valence-electron chi connectivity index (χ4n) is 3.32. The number of para-hydroxylation sites is 1. The van der Waals surface area contributed by atoms with Crippen LogP contribution in [0.3, 0.4) is 0 Å². The first-order valence-corrected chi connectivity index (χ1v) is 10.2. The number of urea groups is 1. The van der Waals surface area contributed by atoms with E-state index < -0.39 is 0 Å². The van der Waals surface area contributed by atoms with E-state index in [0.717, 1.165) is 24.9 Å². The molecule has 2 aromatic rings. The Balaban J connectivity index is 1.66. The van der Waals surface area contributed by atoms with Gasteiger partial charge in [0.25, 0.3) is 0 Å². The van der Waals surface area contributed by atoms with Crippen molar-refractivity contribution >= 4 is 17.6 Å². The van der Waals surface area contributed by atoms with Crippen molar-refractivity contribution in [2.75, 3.05) is 25.0 Å². The second-order valence-corrected chi connectivity index (χ2v) is 7.66. The van der Waals surface area contributed by atoms with Crippen LogP contribution in [-0.2, 0) is 4.79 Å². The predicted octanol–water partition coefficient (Wildman–Crippen LogP) is 3.50. The Labute approximate surface area is 171 Å². The Morgan fingerprint density at radius 1 is 1.24 bits per heavy atom. The van der Waals surface area contributed by atoms with Gasteiger partial charge in [0, 0.05) is 43.6 Å². The van der Waals surface area contributed by atoms with Crippen LogP contribution in [0.1, 0.15) is 63.1 Å². The van der Waals surface area contributed by atoms with Gasteiger partial charge in [-0.15, -0.1) is 0 Å². The maximum Gasteiger partial charge on any atom is 0.321 e. The standard InChI is InChI=1S/C21H29N5O3/c1-15(2)19-24-20(29-25-19)16-7-6-13-26(14-11-18(27)22-12-10-16)21(28)23-17-8-4-3-5-9-17/h3-5,8-9,15-16H,6-7,10-14H2,1-2H3,(H,22,27)(H,23,28). The highest BCUT2D eigenvalue weighted by Gasteiger charge is 2.23. The lowest BCUT2D eigenvalue weighted by Crippen LogP contribution is -2.38. The summed E-state index contributed by atoms with van der Waals surface area (Å²) in [6, 6.07) is 9.13. The largest absolute Gasteiger partial charge is 0.356 e. The molecule has 1 aliphatic heterocycles. The number of rotatable bonds is 3. The minimum absolute atomic E-state index is 0.0587. The van der Waals surface area contributed by atoms with Crippen LogP contribution in [0.4, 0.5) is 10.5 Å². The molecule has 29 heavy (non-hydrogen) atoms. The third kappa shape index (κ3) is 6.04. The molecule has 8 heteroatoms. The second-order valence-electron chi connectivity index (χ2n) is 7.66. The Morgan fingerprint density at radius 2 is 2.03 bits per heavy atom. The van der Waals surface area contributed by atoms with E-state index in [-0.39, 0.29) is 30.2 Å². The molecule has 0 aliphatic carbocycles. The quantitative estimate of drug-likeness (QED) is 0.823. The number of carbonyl (C=O) groups is 2. The molecule has 3 rings (SSSR count). The van der Waals surface area contributed by atoms with E-state index in [1.54, 1.807) is 4.90 Å². The lowest BCUT2D eigenvalue weighted by Gasteiger charge is -2.23. The summed E-state index contributed by atoms with van der Waals surface area (Å²) >= 11 is 0. The minimum atomic E-state index is -0.195. The van der Waals surface area contributed by atoms with Crippen LogP contribution in [0.25, 0.3) is 0 Å². The number of benzene rings is 1. The van der Waals surface area contributed by atoms with Gasteiger partial charge >= 0.3 is 6.03 Å². The first-order valence-electron chi connectivity index (χ1n) is 10.2. The fraction of sp³-hybridized carbons (Fsp3) is 0.524. The van der Waals surface area contributed by atoms with Gasteiger partial charge in [-0.05, 0) is 31.4 Å². The van der Waals surface area contributed by atoms with Gasteiger partial charge in [-0.2, -0.15) is 4.98 Å². The van der Waals surface area contributed by atoms with E-state index in [1.165, 1.54) is 0 Å². The van der Waals surface area contributed by atoms with Gasteiger partial charge in [0.2, 0.25) is 11.8 Å². The average Bonchev–Trinajstić information content (AvgIpc) is 3.18. The molecule has 1 saturated heterocycles. The van der Waals surface area contributed by atoms with Crippen LogP contribution in [0, 0.1) is 0 Å². The molecular weight excluding hydrogens is 370 g/mol. The molecule has 0 bridgehead atoms. The predicted molar refractivity (Wildman–Crippen MR) is 110 cm³/mol. The van der Waals surface area contributed by atoms with Crippen molar-refractivity contribution in [2.45, 2.75) is 51.4 Å². The molecule has 0 radical (unpaired) electrons. The number of amides is 3. The fourth-order valence-corrected chi connectivity index (χ4v) is 3.32. The molecule has 1 unspecified atom stereocenters. The van der Waals surface area contributed by atoms with Crippen molar-refractivity contribution in [3.05, 3.63) is 42.0 Å². The van der Waals surface area contributed by atoms with Crippen molar-refractivity contribution in [1.82, 2.24) is 20.4 Å². The smallest absolute Gasteiger partial charge is 0.321 e. The van der Waals surface area contributed by atoms with Crippen molar-refractivity contribution in [3.63, 3.8) is 0 Å². The van der Waals surface area contributed by atoms with E-state index >= 15 is 0 Å². The van der Waals surface area contributed by atoms with Crippen molar-refractivity contribution in [1.29, 1.82) is 0 Å². The normalized spacial score (nSPS) is 18.8. The molecule has 2 N–H and O–H groups in total. The number of aromatic nitrogens is 2. The van der Waals surface area contributed by atoms with Gasteiger partial charge in [0.1, 0.15) is 0 Å². The van der Waals surface area contributed by atoms with Gasteiger partial charge in [-0.3, -0.25) is 4.79 Å². The molecule has 1 fully saturated rings. The Bertz CT molecular complexity index is 806. The van der Waals surface area contributed by atoms with Gasteiger partial charge in [0.15, 0.2) is 5.82 Å². The molecular formula is C21H29N5O3. The van der Waals surface area contributed by atoms with E-state index in [9.17, 15) is 9.59 Å². The lowest BCUT2D eigenvalue weighted by atomic mass is 9.99. The second kappa shape index (κ2) is 10.0. The molecule has 0 saturated carbocycles. The third-order valence-electron chi connectivity index (χ3n) is 5.04. The summed E-state index contributed by atoms with van der Waals surface area (Å²) in [4.78, 5) is 31.1. The SMILES string of the molecule is CC(C)c1noc(C2CCCN(C(=O)Nc3ccccc3)CCC(=O)NCC2)n1. The average molecular weight is 399 g/mol. The number of hydrogen-bond donors (Lipinski definition) is 2. The maximum atomic E-state index is 12.7. The third-order valence-corrected chi connectivity index (χ3v) is 5.04. The van der Waals surface area contributed by atoms with E-state index in [0.29, 0.717) is 31.3 Å². The van der Waals surface area contributed by atoms with Crippen LogP contribution < -0.4 is 10.6 Å². The number of nitrogens with one attached hydrogen (secondary N) is 2. The Morgan fingerprint density at radius 3 is 2.76 bits per heavy atom. The van der Waals surface area contributed by atoms with Crippen LogP contribution in [0.5, 0.6) is 0 Å². The van der Waals surface area contributed by atoms with Crippen molar-refractivity contribution < 1.29 is 14.1 Å². The molecule has 1 aromatic carbocycles. The number of nitrogens with zero attached hydrogens (tertiary/aromatic N) is 3. The van der Waals surface area contributed by atoms with E-state index in [1.807, 2.05) is 44.2 Å². The van der Waals surface area contributed by atoms with Gasteiger partial charge in [-0.25, -0.2) is 4.79 Å². The highest BCUT2D eigenvalue weighted by Crippen LogP contribution is 2.25. The summed E-state index contributed by atoms with van der Waals surface area (Å²) in [5.41, 5.74) is 0.737. The van der Waals surface area contributed by atoms with Crippen LogP contribution in [0.15, 0.2) is 34.9 Å². The zero-order chi connectivity index (χ0) is 20.6. The van der Waals surface area contributed by atoms with Crippen LogP contribution in [-0.4, -0.2) is 46.6 Å². The maximum absolute atomic E-state index is 12.7. The molecule has 8 nitrogen and oxygen atoms in total. The molecule has 156 valence electrons. The first-order chi connectivity index (χ1) is 14.0. The first kappa shape index (κ1) is 20.8.